The van der Waals surface area contributed by atoms with Crippen molar-refractivity contribution in [2.24, 2.45) is 0 Å². The molecule has 4 heteroatoms. The van der Waals surface area contributed by atoms with E-state index in [0.29, 0.717) is 13.2 Å². The summed E-state index contributed by atoms with van der Waals surface area (Å²) in [5, 5.41) is 3.33. The lowest BCUT2D eigenvalue weighted by atomic mass is 9.99. The fraction of sp³-hybridized carbons (Fsp3) is 0.353. The van der Waals surface area contributed by atoms with Crippen molar-refractivity contribution < 1.29 is 9.47 Å². The zero-order valence-electron chi connectivity index (χ0n) is 12.8. The maximum absolute atomic E-state index is 5.73. The maximum atomic E-state index is 5.73. The van der Waals surface area contributed by atoms with Gasteiger partial charge in [-0.25, -0.2) is 0 Å². The molecule has 1 atom stereocenters. The van der Waals surface area contributed by atoms with E-state index in [4.69, 9.17) is 9.47 Å². The minimum absolute atomic E-state index is 0.0145. The van der Waals surface area contributed by atoms with E-state index in [1.165, 1.54) is 0 Å². The second-order valence-corrected chi connectivity index (χ2v) is 4.58. The molecule has 0 bridgehead atoms. The van der Waals surface area contributed by atoms with Crippen LogP contribution in [0.1, 0.15) is 31.0 Å². The van der Waals surface area contributed by atoms with E-state index in [-0.39, 0.29) is 6.04 Å². The molecular formula is C17H22N2O2. The molecule has 2 rings (SSSR count). The van der Waals surface area contributed by atoms with Gasteiger partial charge in [-0.15, -0.1) is 0 Å². The highest BCUT2D eigenvalue weighted by Crippen LogP contribution is 2.30. The van der Waals surface area contributed by atoms with Crippen LogP contribution in [0.15, 0.2) is 42.7 Å². The number of hydrogen-bond acceptors (Lipinski definition) is 4. The molecule has 21 heavy (non-hydrogen) atoms. The van der Waals surface area contributed by atoms with Gasteiger partial charge in [0.2, 0.25) is 0 Å². The molecule has 0 aliphatic rings. The van der Waals surface area contributed by atoms with Crippen LogP contribution in [0.4, 0.5) is 0 Å². The summed E-state index contributed by atoms with van der Waals surface area (Å²) in [4.78, 5) is 4.27. The third-order valence-electron chi connectivity index (χ3n) is 3.20. The monoisotopic (exact) mass is 286 g/mol. The van der Waals surface area contributed by atoms with E-state index in [9.17, 15) is 0 Å². The van der Waals surface area contributed by atoms with Crippen molar-refractivity contribution >= 4 is 0 Å². The molecule has 0 saturated heterocycles. The van der Waals surface area contributed by atoms with Gasteiger partial charge in [-0.2, -0.15) is 0 Å². The lowest BCUT2D eigenvalue weighted by Crippen LogP contribution is -2.19. The Balaban J connectivity index is 2.37. The number of benzene rings is 1. The highest BCUT2D eigenvalue weighted by Gasteiger charge is 2.17. The summed E-state index contributed by atoms with van der Waals surface area (Å²) in [7, 11) is 1.93. The van der Waals surface area contributed by atoms with Crippen molar-refractivity contribution in [3.05, 3.63) is 53.9 Å². The number of nitrogens with one attached hydrogen (secondary N) is 1. The number of pyridine rings is 1. The highest BCUT2D eigenvalue weighted by molar-refractivity contribution is 5.42. The first-order valence-electron chi connectivity index (χ1n) is 7.26. The Kier molecular flexibility index (Phi) is 5.58. The second-order valence-electron chi connectivity index (χ2n) is 4.58. The highest BCUT2D eigenvalue weighted by atomic mass is 16.5. The second kappa shape index (κ2) is 7.64. The van der Waals surface area contributed by atoms with Crippen LogP contribution in [0.25, 0.3) is 0 Å². The van der Waals surface area contributed by atoms with Gasteiger partial charge >= 0.3 is 0 Å². The van der Waals surface area contributed by atoms with Crippen molar-refractivity contribution in [3.63, 3.8) is 0 Å². The molecule has 1 aromatic carbocycles. The molecule has 1 N–H and O–H groups in total. The van der Waals surface area contributed by atoms with E-state index >= 15 is 0 Å². The third kappa shape index (κ3) is 3.73. The first-order valence-corrected chi connectivity index (χ1v) is 7.26. The number of rotatable bonds is 7. The summed E-state index contributed by atoms with van der Waals surface area (Å²) < 4.78 is 11.3. The Labute approximate surface area is 126 Å². The third-order valence-corrected chi connectivity index (χ3v) is 3.20. The SMILES string of the molecule is CCOc1cncc(C(NC)c2ccccc2OCC)c1. The molecule has 0 aliphatic carbocycles. The van der Waals surface area contributed by atoms with Crippen molar-refractivity contribution in [2.45, 2.75) is 19.9 Å². The van der Waals surface area contributed by atoms with E-state index < -0.39 is 0 Å². The van der Waals surface area contributed by atoms with Gasteiger partial charge in [0.1, 0.15) is 11.5 Å². The smallest absolute Gasteiger partial charge is 0.137 e. The average molecular weight is 286 g/mol. The molecule has 1 heterocycles. The van der Waals surface area contributed by atoms with Gasteiger partial charge in [0, 0.05) is 11.8 Å². The zero-order chi connectivity index (χ0) is 15.1. The lowest BCUT2D eigenvalue weighted by molar-refractivity contribution is 0.333. The predicted molar refractivity (Wildman–Crippen MR) is 83.9 cm³/mol. The van der Waals surface area contributed by atoms with Crippen LogP contribution in [-0.2, 0) is 0 Å². The summed E-state index contributed by atoms with van der Waals surface area (Å²) in [6, 6.07) is 10.1. The van der Waals surface area contributed by atoms with Crippen molar-refractivity contribution in [1.82, 2.24) is 10.3 Å². The van der Waals surface area contributed by atoms with Gasteiger partial charge in [-0.05, 0) is 38.6 Å². The predicted octanol–water partition coefficient (Wildman–Crippen LogP) is 3.19. The molecule has 0 spiro atoms. The average Bonchev–Trinajstić information content (AvgIpc) is 2.51. The lowest BCUT2D eigenvalue weighted by Gasteiger charge is -2.20. The summed E-state index contributed by atoms with van der Waals surface area (Å²) in [5.74, 6) is 1.67. The summed E-state index contributed by atoms with van der Waals surface area (Å²) >= 11 is 0. The van der Waals surface area contributed by atoms with Crippen LogP contribution in [0.5, 0.6) is 11.5 Å². The molecule has 0 fully saturated rings. The largest absolute Gasteiger partial charge is 0.494 e. The van der Waals surface area contributed by atoms with Gasteiger partial charge < -0.3 is 14.8 Å². The molecule has 0 saturated carbocycles. The van der Waals surface area contributed by atoms with Crippen molar-refractivity contribution in [3.8, 4) is 11.5 Å². The summed E-state index contributed by atoms with van der Waals surface area (Å²) in [6.45, 7) is 5.23. The standard InChI is InChI=1S/C17H22N2O2/c1-4-20-14-10-13(11-19-12-14)17(18-3)15-8-6-7-9-16(15)21-5-2/h6-12,17-18H,4-5H2,1-3H3. The van der Waals surface area contributed by atoms with Gasteiger partial charge in [-0.3, -0.25) is 4.98 Å². The minimum atomic E-state index is 0.0145. The fourth-order valence-electron chi connectivity index (χ4n) is 2.35. The Bertz CT molecular complexity index is 572. The van der Waals surface area contributed by atoms with Crippen LogP contribution >= 0.6 is 0 Å². The van der Waals surface area contributed by atoms with Crippen LogP contribution in [-0.4, -0.2) is 25.2 Å². The van der Waals surface area contributed by atoms with E-state index in [1.807, 2.05) is 51.4 Å². The Morgan fingerprint density at radius 1 is 1.10 bits per heavy atom. The molecule has 112 valence electrons. The molecule has 0 radical (unpaired) electrons. The quantitative estimate of drug-likeness (QED) is 0.849. The first-order chi connectivity index (χ1) is 10.3. The van der Waals surface area contributed by atoms with Crippen LogP contribution in [0, 0.1) is 0 Å². The van der Waals surface area contributed by atoms with E-state index in [1.54, 1.807) is 6.20 Å². The number of ether oxygens (including phenoxy) is 2. The number of nitrogens with zero attached hydrogens (tertiary/aromatic N) is 1. The van der Waals surface area contributed by atoms with Gasteiger partial charge in [0.05, 0.1) is 25.5 Å². The van der Waals surface area contributed by atoms with Crippen molar-refractivity contribution in [1.29, 1.82) is 0 Å². The summed E-state index contributed by atoms with van der Waals surface area (Å²) in [6.07, 6.45) is 3.58. The Hall–Kier alpha value is -2.07. The van der Waals surface area contributed by atoms with Gasteiger partial charge in [0.15, 0.2) is 0 Å². The van der Waals surface area contributed by atoms with Crippen molar-refractivity contribution in [2.75, 3.05) is 20.3 Å². The molecule has 1 aromatic heterocycles. The molecule has 2 aromatic rings. The Morgan fingerprint density at radius 2 is 1.86 bits per heavy atom. The number of para-hydroxylation sites is 1. The van der Waals surface area contributed by atoms with E-state index in [0.717, 1.165) is 22.6 Å². The first kappa shape index (κ1) is 15.3. The number of aromatic nitrogens is 1. The maximum Gasteiger partial charge on any atom is 0.137 e. The molecular weight excluding hydrogens is 264 g/mol. The van der Waals surface area contributed by atoms with E-state index in [2.05, 4.69) is 16.4 Å². The topological polar surface area (TPSA) is 43.4 Å². The molecule has 1 unspecified atom stereocenters. The van der Waals surface area contributed by atoms with Gasteiger partial charge in [-0.1, -0.05) is 18.2 Å². The molecule has 4 nitrogen and oxygen atoms in total. The Morgan fingerprint density at radius 3 is 2.57 bits per heavy atom. The fourth-order valence-corrected chi connectivity index (χ4v) is 2.35. The van der Waals surface area contributed by atoms with Gasteiger partial charge in [0.25, 0.3) is 0 Å². The zero-order valence-corrected chi connectivity index (χ0v) is 12.8. The van der Waals surface area contributed by atoms with Crippen LogP contribution in [0.2, 0.25) is 0 Å². The minimum Gasteiger partial charge on any atom is -0.494 e. The summed E-state index contributed by atoms with van der Waals surface area (Å²) in [5.41, 5.74) is 2.15. The normalized spacial score (nSPS) is 12.0. The van der Waals surface area contributed by atoms with Crippen LogP contribution in [0.3, 0.4) is 0 Å². The van der Waals surface area contributed by atoms with Crippen LogP contribution < -0.4 is 14.8 Å². The number of hydrogen-bond donors (Lipinski definition) is 1. The molecule has 0 amide bonds. The molecule has 0 aliphatic heterocycles.